The minimum atomic E-state index is -0.506. The number of rotatable bonds is 1. The van der Waals surface area contributed by atoms with Crippen LogP contribution in [0.1, 0.15) is 12.5 Å². The fraction of sp³-hybridized carbons (Fsp3) is 0.167. The summed E-state index contributed by atoms with van der Waals surface area (Å²) in [5.74, 6) is -0.217. The molecule has 0 bridgehead atoms. The number of nitrogens with zero attached hydrogens (tertiary/aromatic N) is 1. The molecule has 94 valence electrons. The Morgan fingerprint density at radius 1 is 1.44 bits per heavy atom. The molecule has 2 rings (SSSR count). The summed E-state index contributed by atoms with van der Waals surface area (Å²) in [5.41, 5.74) is 11.5. The molecule has 1 heterocycles. The number of hydrogen-bond acceptors (Lipinski definition) is 2. The first-order chi connectivity index (χ1) is 8.49. The van der Waals surface area contributed by atoms with Crippen LogP contribution in [-0.2, 0) is 4.79 Å². The van der Waals surface area contributed by atoms with Gasteiger partial charge in [-0.25, -0.2) is 0 Å². The fourth-order valence-corrected chi connectivity index (χ4v) is 1.93. The summed E-state index contributed by atoms with van der Waals surface area (Å²) in [6, 6.07) is 5.30. The number of nitrogens with two attached hydrogens (primary N) is 2. The second-order valence-electron chi connectivity index (χ2n) is 3.86. The van der Waals surface area contributed by atoms with Crippen molar-refractivity contribution in [2.45, 2.75) is 13.0 Å². The lowest BCUT2D eigenvalue weighted by atomic mass is 10.0. The van der Waals surface area contributed by atoms with Gasteiger partial charge in [0.05, 0.1) is 10.6 Å². The Balaban J connectivity index is 2.45. The maximum atomic E-state index is 11.8. The van der Waals surface area contributed by atoms with E-state index in [-0.39, 0.29) is 5.96 Å². The lowest BCUT2D eigenvalue weighted by Crippen LogP contribution is -2.28. The largest absolute Gasteiger partial charge is 0.484 e. The van der Waals surface area contributed by atoms with Crippen LogP contribution in [0.15, 0.2) is 28.8 Å². The van der Waals surface area contributed by atoms with Crippen LogP contribution in [0.3, 0.4) is 0 Å². The van der Waals surface area contributed by atoms with Crippen molar-refractivity contribution in [1.82, 2.24) is 0 Å². The van der Waals surface area contributed by atoms with E-state index in [2.05, 4.69) is 4.99 Å². The van der Waals surface area contributed by atoms with Crippen LogP contribution < -0.4 is 16.2 Å². The maximum Gasteiger partial charge on any atom is 0.279 e. The smallest absolute Gasteiger partial charge is 0.279 e. The van der Waals surface area contributed by atoms with Gasteiger partial charge in [-0.1, -0.05) is 23.7 Å². The highest BCUT2D eigenvalue weighted by Gasteiger charge is 2.25. The standard InChI is InChI=1S/C12H12ClN3O2/c1-6-8(11(17)16-12(14)15)5-7-3-2-4-9(13)10(7)18-6/h2-6H,1H3,(H4,14,15,16,17). The average Bonchev–Trinajstić information content (AvgIpc) is 2.28. The number of guanidine groups is 1. The fourth-order valence-electron chi connectivity index (χ4n) is 1.71. The van der Waals surface area contributed by atoms with Crippen LogP contribution in [0, 0.1) is 0 Å². The number of halogens is 1. The molecule has 18 heavy (non-hydrogen) atoms. The molecule has 1 aliphatic heterocycles. The van der Waals surface area contributed by atoms with E-state index in [1.807, 2.05) is 0 Å². The van der Waals surface area contributed by atoms with Crippen molar-refractivity contribution in [3.63, 3.8) is 0 Å². The van der Waals surface area contributed by atoms with E-state index in [1.165, 1.54) is 0 Å². The molecule has 0 fully saturated rings. The van der Waals surface area contributed by atoms with Gasteiger partial charge >= 0.3 is 0 Å². The molecule has 6 heteroatoms. The van der Waals surface area contributed by atoms with Gasteiger partial charge in [0, 0.05) is 5.56 Å². The molecule has 1 atom stereocenters. The van der Waals surface area contributed by atoms with Gasteiger partial charge in [-0.3, -0.25) is 4.79 Å². The normalized spacial score (nSPS) is 17.2. The molecule has 1 amide bonds. The van der Waals surface area contributed by atoms with Crippen molar-refractivity contribution in [2.75, 3.05) is 0 Å². The van der Waals surface area contributed by atoms with E-state index in [9.17, 15) is 4.79 Å². The van der Waals surface area contributed by atoms with Crippen molar-refractivity contribution >= 4 is 29.5 Å². The lowest BCUT2D eigenvalue weighted by molar-refractivity contribution is -0.115. The Kier molecular flexibility index (Phi) is 3.25. The van der Waals surface area contributed by atoms with E-state index in [1.54, 1.807) is 31.2 Å². The Morgan fingerprint density at radius 3 is 2.83 bits per heavy atom. The zero-order chi connectivity index (χ0) is 13.3. The molecule has 1 aliphatic rings. The van der Waals surface area contributed by atoms with Crippen LogP contribution in [0.25, 0.3) is 6.08 Å². The number of benzene rings is 1. The Bertz CT molecular complexity index is 562. The second-order valence-corrected chi connectivity index (χ2v) is 4.27. The van der Waals surface area contributed by atoms with Gasteiger partial charge in [0.2, 0.25) is 0 Å². The molecule has 1 aromatic carbocycles. The van der Waals surface area contributed by atoms with Gasteiger partial charge in [-0.2, -0.15) is 4.99 Å². The van der Waals surface area contributed by atoms with Crippen LogP contribution in [-0.4, -0.2) is 18.0 Å². The van der Waals surface area contributed by atoms with Gasteiger partial charge < -0.3 is 16.2 Å². The minimum Gasteiger partial charge on any atom is -0.484 e. The summed E-state index contributed by atoms with van der Waals surface area (Å²) in [6.45, 7) is 1.73. The molecule has 5 nitrogen and oxygen atoms in total. The third kappa shape index (κ3) is 2.31. The van der Waals surface area contributed by atoms with E-state index in [0.717, 1.165) is 5.56 Å². The van der Waals surface area contributed by atoms with Gasteiger partial charge in [0.25, 0.3) is 5.91 Å². The van der Waals surface area contributed by atoms with Gasteiger partial charge in [-0.15, -0.1) is 0 Å². The van der Waals surface area contributed by atoms with Crippen molar-refractivity contribution in [2.24, 2.45) is 16.5 Å². The quantitative estimate of drug-likeness (QED) is 0.592. The zero-order valence-corrected chi connectivity index (χ0v) is 10.4. The number of hydrogen-bond donors (Lipinski definition) is 2. The number of amides is 1. The van der Waals surface area contributed by atoms with Crippen molar-refractivity contribution in [3.8, 4) is 5.75 Å². The van der Waals surface area contributed by atoms with Crippen molar-refractivity contribution in [1.29, 1.82) is 0 Å². The first kappa shape index (κ1) is 12.4. The van der Waals surface area contributed by atoms with Gasteiger partial charge in [-0.05, 0) is 19.1 Å². The topological polar surface area (TPSA) is 90.7 Å². The Labute approximate surface area is 109 Å². The molecule has 0 saturated heterocycles. The summed E-state index contributed by atoms with van der Waals surface area (Å²) >= 11 is 6.01. The molecule has 0 saturated carbocycles. The predicted octanol–water partition coefficient (Wildman–Crippen LogP) is 1.30. The molecule has 4 N–H and O–H groups in total. The number of para-hydroxylation sites is 1. The van der Waals surface area contributed by atoms with Crippen LogP contribution in [0.5, 0.6) is 5.75 Å². The van der Waals surface area contributed by atoms with Crippen LogP contribution in [0.4, 0.5) is 0 Å². The number of aliphatic imine (C=N–C) groups is 1. The first-order valence-electron chi connectivity index (χ1n) is 5.29. The van der Waals surface area contributed by atoms with Crippen molar-refractivity contribution < 1.29 is 9.53 Å². The van der Waals surface area contributed by atoms with E-state index < -0.39 is 12.0 Å². The molecular weight excluding hydrogens is 254 g/mol. The number of ether oxygens (including phenoxy) is 1. The Morgan fingerprint density at radius 2 is 2.17 bits per heavy atom. The molecule has 1 aromatic rings. The van der Waals surface area contributed by atoms with Crippen molar-refractivity contribution in [3.05, 3.63) is 34.4 Å². The number of carbonyl (C=O) groups excluding carboxylic acids is 1. The molecule has 0 aliphatic carbocycles. The summed E-state index contributed by atoms with van der Waals surface area (Å²) in [5, 5.41) is 0.504. The summed E-state index contributed by atoms with van der Waals surface area (Å²) in [6.07, 6.45) is 1.23. The predicted molar refractivity (Wildman–Crippen MR) is 70.3 cm³/mol. The summed E-state index contributed by atoms with van der Waals surface area (Å²) < 4.78 is 5.61. The van der Waals surface area contributed by atoms with E-state index in [4.69, 9.17) is 27.8 Å². The minimum absolute atomic E-state index is 0.273. The lowest BCUT2D eigenvalue weighted by Gasteiger charge is -2.23. The second kappa shape index (κ2) is 4.70. The maximum absolute atomic E-state index is 11.8. The third-order valence-corrected chi connectivity index (χ3v) is 2.82. The molecular formula is C12H12ClN3O2. The van der Waals surface area contributed by atoms with E-state index >= 15 is 0 Å². The zero-order valence-electron chi connectivity index (χ0n) is 9.68. The van der Waals surface area contributed by atoms with Gasteiger partial charge in [0.15, 0.2) is 5.96 Å². The average molecular weight is 266 g/mol. The number of fused-ring (bicyclic) bond motifs is 1. The highest BCUT2D eigenvalue weighted by atomic mass is 35.5. The summed E-state index contributed by atoms with van der Waals surface area (Å²) in [4.78, 5) is 15.3. The van der Waals surface area contributed by atoms with Crippen LogP contribution >= 0.6 is 11.6 Å². The monoisotopic (exact) mass is 265 g/mol. The molecule has 0 spiro atoms. The molecule has 1 unspecified atom stereocenters. The van der Waals surface area contributed by atoms with Gasteiger partial charge in [0.1, 0.15) is 11.9 Å². The summed E-state index contributed by atoms with van der Waals surface area (Å²) in [7, 11) is 0. The first-order valence-corrected chi connectivity index (χ1v) is 5.67. The molecule has 0 aromatic heterocycles. The SMILES string of the molecule is CC1Oc2c(Cl)cccc2C=C1C(=O)N=C(N)N. The van der Waals surface area contributed by atoms with Crippen LogP contribution in [0.2, 0.25) is 5.02 Å². The number of carbonyl (C=O) groups is 1. The highest BCUT2D eigenvalue weighted by molar-refractivity contribution is 6.32. The molecule has 0 radical (unpaired) electrons. The highest BCUT2D eigenvalue weighted by Crippen LogP contribution is 2.35. The Hall–Kier alpha value is -2.01. The van der Waals surface area contributed by atoms with E-state index in [0.29, 0.717) is 16.3 Å². The third-order valence-electron chi connectivity index (χ3n) is 2.52.